The highest BCUT2D eigenvalue weighted by molar-refractivity contribution is 5.92. The van der Waals surface area contributed by atoms with Crippen LogP contribution in [-0.2, 0) is 9.47 Å². The van der Waals surface area contributed by atoms with Crippen molar-refractivity contribution in [3.63, 3.8) is 0 Å². The Labute approximate surface area is 158 Å². The first kappa shape index (κ1) is 17.5. The van der Waals surface area contributed by atoms with E-state index in [4.69, 9.17) is 15.3 Å². The molecule has 2 unspecified atom stereocenters. The third-order valence-electron chi connectivity index (χ3n) is 9.75. The molecule has 0 amide bonds. The van der Waals surface area contributed by atoms with E-state index in [9.17, 15) is 0 Å². The summed E-state index contributed by atoms with van der Waals surface area (Å²) in [6.45, 7) is 9.15. The summed E-state index contributed by atoms with van der Waals surface area (Å²) in [6, 6.07) is 0. The molecule has 1 saturated heterocycles. The number of hydrazone groups is 1. The van der Waals surface area contributed by atoms with E-state index >= 15 is 0 Å². The van der Waals surface area contributed by atoms with Gasteiger partial charge in [0.1, 0.15) is 0 Å². The minimum Gasteiger partial charge on any atom is -0.348 e. The monoisotopic (exact) mass is 360 g/mol. The van der Waals surface area contributed by atoms with Gasteiger partial charge in [0, 0.05) is 24.0 Å². The second-order valence-corrected chi connectivity index (χ2v) is 10.6. The van der Waals surface area contributed by atoms with E-state index in [1.165, 1.54) is 37.8 Å². The normalized spacial score (nSPS) is 54.1. The summed E-state index contributed by atoms with van der Waals surface area (Å²) in [6.07, 6.45) is 9.91. The maximum Gasteiger partial charge on any atom is 0.168 e. The lowest BCUT2D eigenvalue weighted by Crippen LogP contribution is -2.58. The van der Waals surface area contributed by atoms with E-state index in [1.54, 1.807) is 0 Å². The van der Waals surface area contributed by atoms with E-state index in [0.29, 0.717) is 5.41 Å². The summed E-state index contributed by atoms with van der Waals surface area (Å²) >= 11 is 0. The summed E-state index contributed by atoms with van der Waals surface area (Å²) in [4.78, 5) is 0. The lowest BCUT2D eigenvalue weighted by Gasteiger charge is -2.63. The summed E-state index contributed by atoms with van der Waals surface area (Å²) in [5.41, 5.74) is 2.02. The highest BCUT2D eigenvalue weighted by Crippen LogP contribution is 2.67. The molecule has 4 saturated carbocycles. The van der Waals surface area contributed by atoms with Gasteiger partial charge < -0.3 is 15.3 Å². The molecule has 146 valence electrons. The highest BCUT2D eigenvalue weighted by atomic mass is 16.7. The minimum absolute atomic E-state index is 0.249. The van der Waals surface area contributed by atoms with Gasteiger partial charge >= 0.3 is 0 Å². The fraction of sp³-hybridized carbons (Fsp3) is 0.955. The van der Waals surface area contributed by atoms with Crippen LogP contribution in [0.5, 0.6) is 0 Å². The molecule has 5 aliphatic rings. The highest BCUT2D eigenvalue weighted by Gasteiger charge is 2.63. The molecule has 4 nitrogen and oxygen atoms in total. The van der Waals surface area contributed by atoms with Gasteiger partial charge in [0.05, 0.1) is 13.2 Å². The maximum absolute atomic E-state index is 6.12. The minimum atomic E-state index is -0.249. The molecule has 1 aliphatic heterocycles. The fourth-order valence-electron chi connectivity index (χ4n) is 8.42. The van der Waals surface area contributed by atoms with Crippen molar-refractivity contribution in [2.24, 2.45) is 51.4 Å². The van der Waals surface area contributed by atoms with Crippen LogP contribution in [0.2, 0.25) is 0 Å². The maximum atomic E-state index is 6.12. The zero-order chi connectivity index (χ0) is 18.2. The average Bonchev–Trinajstić information content (AvgIpc) is 3.21. The third kappa shape index (κ3) is 2.18. The van der Waals surface area contributed by atoms with Crippen LogP contribution >= 0.6 is 0 Å². The Morgan fingerprint density at radius 3 is 2.50 bits per heavy atom. The molecule has 0 bridgehead atoms. The Morgan fingerprint density at radius 2 is 1.77 bits per heavy atom. The summed E-state index contributed by atoms with van der Waals surface area (Å²) in [7, 11) is 0. The van der Waals surface area contributed by atoms with Crippen LogP contribution in [-0.4, -0.2) is 24.7 Å². The van der Waals surface area contributed by atoms with Gasteiger partial charge in [0.25, 0.3) is 0 Å². The molecule has 1 spiro atoms. The quantitative estimate of drug-likeness (QED) is 0.516. The second kappa shape index (κ2) is 5.70. The number of nitrogens with zero attached hydrogens (tertiary/aromatic N) is 1. The van der Waals surface area contributed by atoms with Crippen LogP contribution < -0.4 is 5.84 Å². The Balaban J connectivity index is 1.45. The number of fused-ring (bicyclic) bond motifs is 5. The van der Waals surface area contributed by atoms with Gasteiger partial charge in [0.15, 0.2) is 5.79 Å². The zero-order valence-electron chi connectivity index (χ0n) is 16.8. The largest absolute Gasteiger partial charge is 0.348 e. The molecule has 0 aromatic heterocycles. The topological polar surface area (TPSA) is 56.8 Å². The summed E-state index contributed by atoms with van der Waals surface area (Å²) < 4.78 is 12.2. The van der Waals surface area contributed by atoms with Crippen molar-refractivity contribution in [2.45, 2.75) is 77.9 Å². The van der Waals surface area contributed by atoms with E-state index < -0.39 is 0 Å². The first-order valence-electron chi connectivity index (χ1n) is 11.0. The first-order chi connectivity index (χ1) is 12.4. The van der Waals surface area contributed by atoms with Gasteiger partial charge in [-0.1, -0.05) is 20.8 Å². The van der Waals surface area contributed by atoms with Gasteiger partial charge in [-0.2, -0.15) is 5.10 Å². The summed E-state index contributed by atoms with van der Waals surface area (Å²) in [5.74, 6) is 9.53. The predicted octanol–water partition coefficient (Wildman–Crippen LogP) is 4.33. The molecule has 0 aromatic carbocycles. The van der Waals surface area contributed by atoms with Crippen LogP contribution in [0.15, 0.2) is 5.10 Å². The molecule has 4 aliphatic carbocycles. The van der Waals surface area contributed by atoms with Crippen LogP contribution in [0.1, 0.15) is 72.1 Å². The molecule has 1 heterocycles. The number of ether oxygens (including phenoxy) is 2. The standard InChI is InChI=1S/C22H36N2O2/c1-14-12-15-16-4-5-19(24-23)21(16,3)7-6-17(15)20(2)8-9-22(13-18(14)20)25-10-11-26-22/h14-18H,4-13,23H2,1-3H3/t14?,15-,16-,17-,18?,20+,21-/m0/s1. The Hall–Kier alpha value is -0.610. The molecule has 26 heavy (non-hydrogen) atoms. The molecule has 4 heteroatoms. The SMILES string of the molecule is CC1C[C@@H]2[C@H](CC[C@]3(C)C(=NN)CC[C@@H]23)[C@@]2(C)CCC3(CC12)OCCO3. The number of hydrogen-bond acceptors (Lipinski definition) is 4. The van der Waals surface area contributed by atoms with E-state index in [-0.39, 0.29) is 11.2 Å². The molecule has 2 N–H and O–H groups in total. The lowest BCUT2D eigenvalue weighted by atomic mass is 9.43. The lowest BCUT2D eigenvalue weighted by molar-refractivity contribution is -0.237. The van der Waals surface area contributed by atoms with Crippen LogP contribution in [0, 0.1) is 40.4 Å². The van der Waals surface area contributed by atoms with Crippen molar-refractivity contribution in [3.8, 4) is 0 Å². The van der Waals surface area contributed by atoms with Gasteiger partial charge in [-0.25, -0.2) is 0 Å². The van der Waals surface area contributed by atoms with E-state index in [1.807, 2.05) is 0 Å². The molecule has 0 radical (unpaired) electrons. The number of hydrogen-bond donors (Lipinski definition) is 1. The fourth-order valence-corrected chi connectivity index (χ4v) is 8.42. The van der Waals surface area contributed by atoms with Crippen molar-refractivity contribution >= 4 is 5.71 Å². The van der Waals surface area contributed by atoms with Crippen molar-refractivity contribution < 1.29 is 9.47 Å². The van der Waals surface area contributed by atoms with E-state index in [0.717, 1.165) is 62.1 Å². The van der Waals surface area contributed by atoms with Crippen molar-refractivity contribution in [1.29, 1.82) is 0 Å². The van der Waals surface area contributed by atoms with Gasteiger partial charge in [-0.15, -0.1) is 0 Å². The molecule has 5 rings (SSSR count). The van der Waals surface area contributed by atoms with Crippen molar-refractivity contribution in [2.75, 3.05) is 13.2 Å². The van der Waals surface area contributed by atoms with Gasteiger partial charge in [-0.3, -0.25) is 0 Å². The molecule has 0 aromatic rings. The molecular formula is C22H36N2O2. The van der Waals surface area contributed by atoms with Crippen molar-refractivity contribution in [3.05, 3.63) is 0 Å². The van der Waals surface area contributed by atoms with Gasteiger partial charge in [0.2, 0.25) is 0 Å². The molecule has 5 fully saturated rings. The first-order valence-corrected chi connectivity index (χ1v) is 11.0. The number of rotatable bonds is 0. The van der Waals surface area contributed by atoms with Crippen LogP contribution in [0.25, 0.3) is 0 Å². The zero-order valence-corrected chi connectivity index (χ0v) is 16.8. The molecule has 7 atom stereocenters. The summed E-state index contributed by atoms with van der Waals surface area (Å²) in [5, 5.41) is 4.23. The van der Waals surface area contributed by atoms with Gasteiger partial charge in [-0.05, 0) is 73.5 Å². The Morgan fingerprint density at radius 1 is 1.00 bits per heavy atom. The van der Waals surface area contributed by atoms with Crippen molar-refractivity contribution in [1.82, 2.24) is 0 Å². The average molecular weight is 361 g/mol. The Bertz CT molecular complexity index is 613. The van der Waals surface area contributed by atoms with Crippen LogP contribution in [0.4, 0.5) is 0 Å². The molecular weight excluding hydrogens is 324 g/mol. The third-order valence-corrected chi connectivity index (χ3v) is 9.75. The number of nitrogens with two attached hydrogens (primary N) is 1. The second-order valence-electron chi connectivity index (χ2n) is 10.6. The smallest absolute Gasteiger partial charge is 0.168 e. The van der Waals surface area contributed by atoms with E-state index in [2.05, 4.69) is 25.9 Å². The Kier molecular flexibility index (Phi) is 3.83. The predicted molar refractivity (Wildman–Crippen MR) is 103 cm³/mol. The van der Waals surface area contributed by atoms with Crippen LogP contribution in [0.3, 0.4) is 0 Å².